The summed E-state index contributed by atoms with van der Waals surface area (Å²) in [6, 6.07) is 7.33. The van der Waals surface area contributed by atoms with Crippen LogP contribution >= 0.6 is 0 Å². The van der Waals surface area contributed by atoms with E-state index in [2.05, 4.69) is 15.4 Å². The normalized spacial score (nSPS) is 18.2. The molecule has 0 saturated carbocycles. The fourth-order valence-corrected chi connectivity index (χ4v) is 5.54. The van der Waals surface area contributed by atoms with E-state index in [1.165, 1.54) is 16.9 Å². The smallest absolute Gasteiger partial charge is 0.204 e. The summed E-state index contributed by atoms with van der Waals surface area (Å²) in [5.41, 5.74) is 2.72. The first-order chi connectivity index (χ1) is 13.7. The van der Waals surface area contributed by atoms with Crippen LogP contribution in [0.5, 0.6) is 0 Å². The Morgan fingerprint density at radius 3 is 2.62 bits per heavy atom. The van der Waals surface area contributed by atoms with E-state index < -0.39 is 9.84 Å². The Labute approximate surface area is 167 Å². The van der Waals surface area contributed by atoms with Crippen LogP contribution in [0.25, 0.3) is 11.4 Å². The second-order valence-electron chi connectivity index (χ2n) is 7.29. The lowest BCUT2D eigenvalue weighted by molar-refractivity contribution is 0.0960. The standard InChI is InChI=1S/C19H20FN5O3S/c1-12-9-17(13(2)25(12)16-7-8-29(27,28)11-16)18(26)10-24-22-19(21-23-24)14-3-5-15(20)6-4-14/h3-6,9,16H,7-8,10-11H2,1-2H3/t16-/m1/s1. The second kappa shape index (κ2) is 7.18. The van der Waals surface area contributed by atoms with Crippen molar-refractivity contribution in [2.45, 2.75) is 32.9 Å². The maximum Gasteiger partial charge on any atom is 0.204 e. The van der Waals surface area contributed by atoms with Crippen LogP contribution < -0.4 is 0 Å². The van der Waals surface area contributed by atoms with Crippen molar-refractivity contribution in [2.75, 3.05) is 11.5 Å². The molecule has 1 aromatic carbocycles. The number of Topliss-reactive ketones (excluding diaryl/α,β-unsaturated/α-hetero) is 1. The van der Waals surface area contributed by atoms with E-state index in [9.17, 15) is 17.6 Å². The van der Waals surface area contributed by atoms with E-state index in [0.717, 1.165) is 11.4 Å². The average Bonchev–Trinajstić information content (AvgIpc) is 3.33. The molecule has 8 nitrogen and oxygen atoms in total. The van der Waals surface area contributed by atoms with Crippen LogP contribution in [-0.4, -0.2) is 50.5 Å². The van der Waals surface area contributed by atoms with Crippen molar-refractivity contribution in [1.29, 1.82) is 0 Å². The lowest BCUT2D eigenvalue weighted by Gasteiger charge is -2.16. The zero-order chi connectivity index (χ0) is 20.8. The molecular formula is C19H20FN5O3S. The van der Waals surface area contributed by atoms with Gasteiger partial charge in [0, 0.05) is 28.6 Å². The maximum absolute atomic E-state index is 13.1. The molecule has 0 radical (unpaired) electrons. The number of aromatic nitrogens is 5. The third-order valence-electron chi connectivity index (χ3n) is 5.20. The highest BCUT2D eigenvalue weighted by molar-refractivity contribution is 7.91. The number of aryl methyl sites for hydroxylation is 1. The van der Waals surface area contributed by atoms with E-state index in [1.807, 2.05) is 18.4 Å². The first-order valence-electron chi connectivity index (χ1n) is 9.19. The number of rotatable bonds is 5. The van der Waals surface area contributed by atoms with E-state index in [-0.39, 0.29) is 35.7 Å². The SMILES string of the molecule is Cc1cc(C(=O)Cn2nnc(-c3ccc(F)cc3)n2)c(C)n1[C@@H]1CCS(=O)(=O)C1. The van der Waals surface area contributed by atoms with E-state index >= 15 is 0 Å². The average molecular weight is 417 g/mol. The Bertz CT molecular complexity index is 1180. The van der Waals surface area contributed by atoms with Crippen molar-refractivity contribution >= 4 is 15.6 Å². The molecule has 0 bridgehead atoms. The van der Waals surface area contributed by atoms with Crippen LogP contribution in [0.15, 0.2) is 30.3 Å². The van der Waals surface area contributed by atoms with Gasteiger partial charge in [-0.25, -0.2) is 12.8 Å². The lowest BCUT2D eigenvalue weighted by Crippen LogP contribution is -2.16. The van der Waals surface area contributed by atoms with Crippen molar-refractivity contribution < 1.29 is 17.6 Å². The van der Waals surface area contributed by atoms with Crippen molar-refractivity contribution in [3.8, 4) is 11.4 Å². The van der Waals surface area contributed by atoms with Gasteiger partial charge >= 0.3 is 0 Å². The fourth-order valence-electron chi connectivity index (χ4n) is 3.84. The first kappa shape index (κ1) is 19.4. The molecule has 0 N–H and O–H groups in total. The van der Waals surface area contributed by atoms with E-state index in [1.54, 1.807) is 18.2 Å². The molecule has 1 atom stereocenters. The summed E-state index contributed by atoms with van der Waals surface area (Å²) < 4.78 is 38.7. The number of tetrazole rings is 1. The molecule has 2 aromatic heterocycles. The van der Waals surface area contributed by atoms with Crippen molar-refractivity contribution in [2.24, 2.45) is 0 Å². The molecule has 1 fully saturated rings. The van der Waals surface area contributed by atoms with Gasteiger partial charge in [0.15, 0.2) is 15.6 Å². The zero-order valence-corrected chi connectivity index (χ0v) is 16.9. The highest BCUT2D eigenvalue weighted by atomic mass is 32.2. The molecule has 10 heteroatoms. The molecule has 0 aliphatic carbocycles. The second-order valence-corrected chi connectivity index (χ2v) is 9.51. The van der Waals surface area contributed by atoms with Gasteiger partial charge in [-0.05, 0) is 55.8 Å². The molecule has 0 unspecified atom stereocenters. The largest absolute Gasteiger partial charge is 0.344 e. The molecule has 0 spiro atoms. The molecule has 4 rings (SSSR count). The number of hydrogen-bond donors (Lipinski definition) is 0. The van der Waals surface area contributed by atoms with Crippen LogP contribution in [0.4, 0.5) is 4.39 Å². The van der Waals surface area contributed by atoms with Gasteiger partial charge in [0.05, 0.1) is 11.5 Å². The number of carbonyl (C=O) groups is 1. The van der Waals surface area contributed by atoms with Gasteiger partial charge in [0.25, 0.3) is 0 Å². The summed E-state index contributed by atoms with van der Waals surface area (Å²) in [7, 11) is -3.02. The number of sulfone groups is 1. The number of benzene rings is 1. The Hall–Kier alpha value is -2.88. The molecule has 3 aromatic rings. The van der Waals surface area contributed by atoms with Crippen molar-refractivity contribution in [1.82, 2.24) is 24.8 Å². The Morgan fingerprint density at radius 1 is 1.24 bits per heavy atom. The third-order valence-corrected chi connectivity index (χ3v) is 6.95. The summed E-state index contributed by atoms with van der Waals surface area (Å²) >= 11 is 0. The van der Waals surface area contributed by atoms with Gasteiger partial charge in [0.1, 0.15) is 12.4 Å². The Kier molecular flexibility index (Phi) is 4.81. The minimum atomic E-state index is -3.02. The van der Waals surface area contributed by atoms with Crippen molar-refractivity contribution in [3.63, 3.8) is 0 Å². The van der Waals surface area contributed by atoms with Gasteiger partial charge < -0.3 is 4.57 Å². The van der Waals surface area contributed by atoms with Gasteiger partial charge in [-0.15, -0.1) is 10.2 Å². The summed E-state index contributed by atoms with van der Waals surface area (Å²) in [5, 5.41) is 12.0. The highest BCUT2D eigenvalue weighted by Gasteiger charge is 2.31. The number of halogens is 1. The molecule has 0 amide bonds. The number of ketones is 1. The molecule has 1 saturated heterocycles. The fraction of sp³-hybridized carbons (Fsp3) is 0.368. The number of hydrogen-bond acceptors (Lipinski definition) is 6. The molecule has 152 valence electrons. The van der Waals surface area contributed by atoms with Gasteiger partial charge in [-0.3, -0.25) is 4.79 Å². The molecule has 1 aliphatic rings. The predicted octanol–water partition coefficient (Wildman–Crippen LogP) is 2.14. The summed E-state index contributed by atoms with van der Waals surface area (Å²) in [6.45, 7) is 3.60. The van der Waals surface area contributed by atoms with E-state index in [0.29, 0.717) is 23.4 Å². The van der Waals surface area contributed by atoms with E-state index in [4.69, 9.17) is 0 Å². The highest BCUT2D eigenvalue weighted by Crippen LogP contribution is 2.29. The minimum Gasteiger partial charge on any atom is -0.344 e. The maximum atomic E-state index is 13.1. The summed E-state index contributed by atoms with van der Waals surface area (Å²) in [6.07, 6.45) is 0.554. The van der Waals surface area contributed by atoms with Crippen LogP contribution in [0, 0.1) is 19.7 Å². The topological polar surface area (TPSA) is 99.7 Å². The monoisotopic (exact) mass is 417 g/mol. The zero-order valence-electron chi connectivity index (χ0n) is 16.0. The molecule has 3 heterocycles. The van der Waals surface area contributed by atoms with Gasteiger partial charge in [0.2, 0.25) is 5.82 Å². The predicted molar refractivity (Wildman–Crippen MR) is 104 cm³/mol. The first-order valence-corrected chi connectivity index (χ1v) is 11.0. The Morgan fingerprint density at radius 2 is 1.97 bits per heavy atom. The third kappa shape index (κ3) is 3.84. The lowest BCUT2D eigenvalue weighted by atomic mass is 10.1. The van der Waals surface area contributed by atoms with Crippen LogP contribution in [-0.2, 0) is 16.4 Å². The molecule has 29 heavy (non-hydrogen) atoms. The van der Waals surface area contributed by atoms with Gasteiger partial charge in [-0.2, -0.15) is 4.80 Å². The van der Waals surface area contributed by atoms with Crippen molar-refractivity contribution in [3.05, 3.63) is 53.1 Å². The molecule has 1 aliphatic heterocycles. The van der Waals surface area contributed by atoms with Gasteiger partial charge in [-0.1, -0.05) is 0 Å². The van der Waals surface area contributed by atoms with Crippen LogP contribution in [0.2, 0.25) is 0 Å². The minimum absolute atomic E-state index is 0.0958. The number of nitrogens with zero attached hydrogens (tertiary/aromatic N) is 5. The summed E-state index contributed by atoms with van der Waals surface area (Å²) in [4.78, 5) is 14.0. The summed E-state index contributed by atoms with van der Waals surface area (Å²) in [5.74, 6) is 0.0322. The number of carbonyl (C=O) groups excluding carboxylic acids is 1. The van der Waals surface area contributed by atoms with Crippen LogP contribution in [0.3, 0.4) is 0 Å². The Balaban J connectivity index is 1.54. The molecular weight excluding hydrogens is 397 g/mol. The quantitative estimate of drug-likeness (QED) is 0.590. The van der Waals surface area contributed by atoms with Crippen LogP contribution in [0.1, 0.15) is 34.2 Å².